The normalized spacial score (nSPS) is 31.2. The Labute approximate surface area is 164 Å². The second kappa shape index (κ2) is 6.66. The highest BCUT2D eigenvalue weighted by atomic mass is 32.2. The minimum Gasteiger partial charge on any atom is -0.348 e. The van der Waals surface area contributed by atoms with Crippen LogP contribution in [0.25, 0.3) is 5.69 Å². The van der Waals surface area contributed by atoms with Crippen LogP contribution in [0.2, 0.25) is 0 Å². The van der Waals surface area contributed by atoms with Crippen LogP contribution in [0, 0.1) is 23.2 Å². The molecule has 142 valence electrons. The maximum atomic E-state index is 13.2. The van der Waals surface area contributed by atoms with E-state index in [1.54, 1.807) is 11.8 Å². The summed E-state index contributed by atoms with van der Waals surface area (Å²) in [4.78, 5) is 13.2. The fourth-order valence-corrected chi connectivity index (χ4v) is 6.63. The molecule has 4 aliphatic rings. The molecule has 1 aromatic heterocycles. The van der Waals surface area contributed by atoms with Crippen molar-refractivity contribution in [2.75, 3.05) is 6.26 Å². The van der Waals surface area contributed by atoms with Gasteiger partial charge in [-0.25, -0.2) is 0 Å². The molecule has 0 aliphatic heterocycles. The van der Waals surface area contributed by atoms with Crippen molar-refractivity contribution < 1.29 is 4.79 Å². The Kier molecular flexibility index (Phi) is 4.26. The number of amides is 1. The fraction of sp³-hybridized carbons (Fsp3) is 0.571. The van der Waals surface area contributed by atoms with Crippen LogP contribution in [0.15, 0.2) is 35.5 Å². The first-order chi connectivity index (χ1) is 13.2. The Balaban J connectivity index is 1.35. The Morgan fingerprint density at radius 1 is 1.11 bits per heavy atom. The lowest BCUT2D eigenvalue weighted by molar-refractivity contribution is -0.146. The molecule has 6 heteroatoms. The van der Waals surface area contributed by atoms with E-state index in [1.807, 2.05) is 41.2 Å². The SMILES string of the molecule is CSc1nnc(CNC(=O)C23CC4CC(CC(C4)C2)C3)n1-c1ccccc1. The molecule has 2 aromatic rings. The standard InChI is InChI=1S/C21H26N4OS/c1-27-20-24-23-18(25(20)17-5-3-2-4-6-17)13-22-19(26)21-10-14-7-15(11-21)9-16(8-14)12-21/h2-6,14-16H,7-13H2,1H3,(H,22,26). The molecule has 0 radical (unpaired) electrons. The van der Waals surface area contributed by atoms with E-state index >= 15 is 0 Å². The molecule has 5 nitrogen and oxygen atoms in total. The van der Waals surface area contributed by atoms with Gasteiger partial charge in [0.05, 0.1) is 6.54 Å². The minimum absolute atomic E-state index is 0.116. The van der Waals surface area contributed by atoms with Crippen LogP contribution in [-0.2, 0) is 11.3 Å². The highest BCUT2D eigenvalue weighted by Gasteiger charge is 2.54. The molecule has 4 saturated carbocycles. The van der Waals surface area contributed by atoms with E-state index in [9.17, 15) is 4.79 Å². The van der Waals surface area contributed by atoms with Crippen LogP contribution < -0.4 is 5.32 Å². The van der Waals surface area contributed by atoms with Crippen molar-refractivity contribution in [3.05, 3.63) is 36.2 Å². The molecular weight excluding hydrogens is 356 g/mol. The molecule has 0 unspecified atom stereocenters. The van der Waals surface area contributed by atoms with Crippen molar-refractivity contribution in [3.8, 4) is 5.69 Å². The van der Waals surface area contributed by atoms with E-state index in [2.05, 4.69) is 15.5 Å². The van der Waals surface area contributed by atoms with Crippen LogP contribution in [-0.4, -0.2) is 26.9 Å². The van der Waals surface area contributed by atoms with Gasteiger partial charge in [-0.3, -0.25) is 9.36 Å². The summed E-state index contributed by atoms with van der Waals surface area (Å²) in [7, 11) is 0. The largest absolute Gasteiger partial charge is 0.348 e. The quantitative estimate of drug-likeness (QED) is 0.799. The number of benzene rings is 1. The van der Waals surface area contributed by atoms with Gasteiger partial charge in [0.2, 0.25) is 5.91 Å². The van der Waals surface area contributed by atoms with Gasteiger partial charge in [-0.05, 0) is 74.7 Å². The van der Waals surface area contributed by atoms with Gasteiger partial charge >= 0.3 is 0 Å². The first kappa shape index (κ1) is 17.3. The molecule has 4 bridgehead atoms. The van der Waals surface area contributed by atoms with Crippen molar-refractivity contribution in [1.82, 2.24) is 20.1 Å². The van der Waals surface area contributed by atoms with Gasteiger partial charge in [0.1, 0.15) is 0 Å². The molecule has 1 aromatic carbocycles. The third-order valence-corrected chi connectivity index (χ3v) is 7.45. The number of thioether (sulfide) groups is 1. The molecule has 0 saturated heterocycles. The average Bonchev–Trinajstić information content (AvgIpc) is 3.08. The lowest BCUT2D eigenvalue weighted by Crippen LogP contribution is -2.53. The predicted octanol–water partition coefficient (Wildman–Crippen LogP) is 3.82. The molecule has 0 atom stereocenters. The minimum atomic E-state index is -0.116. The molecule has 4 fully saturated rings. The van der Waals surface area contributed by atoms with Gasteiger partial charge in [-0.15, -0.1) is 10.2 Å². The summed E-state index contributed by atoms with van der Waals surface area (Å²) >= 11 is 1.57. The van der Waals surface area contributed by atoms with E-state index in [0.717, 1.165) is 53.7 Å². The number of para-hydroxylation sites is 1. The number of hydrogen-bond donors (Lipinski definition) is 1. The topological polar surface area (TPSA) is 59.8 Å². The maximum Gasteiger partial charge on any atom is 0.226 e. The van der Waals surface area contributed by atoms with Gasteiger partial charge < -0.3 is 5.32 Å². The number of hydrogen-bond acceptors (Lipinski definition) is 4. The zero-order valence-corrected chi connectivity index (χ0v) is 16.5. The summed E-state index contributed by atoms with van der Waals surface area (Å²) in [6, 6.07) is 10.1. The van der Waals surface area contributed by atoms with Gasteiger partial charge in [-0.1, -0.05) is 30.0 Å². The molecular formula is C21H26N4OS. The maximum absolute atomic E-state index is 13.2. The second-order valence-corrected chi connectivity index (χ2v) is 9.43. The lowest BCUT2D eigenvalue weighted by atomic mass is 9.49. The van der Waals surface area contributed by atoms with E-state index in [-0.39, 0.29) is 11.3 Å². The molecule has 1 amide bonds. The van der Waals surface area contributed by atoms with Crippen molar-refractivity contribution >= 4 is 17.7 Å². The molecule has 1 N–H and O–H groups in total. The van der Waals surface area contributed by atoms with Crippen LogP contribution in [0.5, 0.6) is 0 Å². The number of carbonyl (C=O) groups excluding carboxylic acids is 1. The van der Waals surface area contributed by atoms with Crippen LogP contribution in [0.3, 0.4) is 0 Å². The number of nitrogens with zero attached hydrogens (tertiary/aromatic N) is 3. The number of rotatable bonds is 5. The zero-order valence-electron chi connectivity index (χ0n) is 15.7. The number of aromatic nitrogens is 3. The summed E-state index contributed by atoms with van der Waals surface area (Å²) in [6.45, 7) is 0.434. The van der Waals surface area contributed by atoms with Crippen molar-refractivity contribution in [3.63, 3.8) is 0 Å². The molecule has 6 rings (SSSR count). The van der Waals surface area contributed by atoms with Crippen molar-refractivity contribution in [2.24, 2.45) is 23.2 Å². The van der Waals surface area contributed by atoms with Crippen molar-refractivity contribution in [2.45, 2.75) is 50.2 Å². The fourth-order valence-electron chi connectivity index (χ4n) is 6.12. The van der Waals surface area contributed by atoms with Gasteiger partial charge in [0, 0.05) is 11.1 Å². The molecule has 0 spiro atoms. The van der Waals surface area contributed by atoms with Crippen LogP contribution in [0.1, 0.15) is 44.3 Å². The third kappa shape index (κ3) is 2.98. The highest BCUT2D eigenvalue weighted by Crippen LogP contribution is 2.60. The Morgan fingerprint density at radius 3 is 2.33 bits per heavy atom. The summed E-state index contributed by atoms with van der Waals surface area (Å²) in [5, 5.41) is 12.7. The monoisotopic (exact) mass is 382 g/mol. The molecule has 4 aliphatic carbocycles. The van der Waals surface area contributed by atoms with Crippen molar-refractivity contribution in [1.29, 1.82) is 0 Å². The van der Waals surface area contributed by atoms with E-state index in [1.165, 1.54) is 19.3 Å². The number of carbonyl (C=O) groups is 1. The summed E-state index contributed by atoms with van der Waals surface area (Å²) in [5.74, 6) is 3.37. The smallest absolute Gasteiger partial charge is 0.226 e. The second-order valence-electron chi connectivity index (χ2n) is 8.65. The van der Waals surface area contributed by atoms with E-state index in [4.69, 9.17) is 0 Å². The Bertz CT molecular complexity index is 812. The average molecular weight is 383 g/mol. The Morgan fingerprint density at radius 2 is 1.74 bits per heavy atom. The zero-order chi connectivity index (χ0) is 18.4. The lowest BCUT2D eigenvalue weighted by Gasteiger charge is -2.55. The van der Waals surface area contributed by atoms with E-state index in [0.29, 0.717) is 6.54 Å². The van der Waals surface area contributed by atoms with E-state index < -0.39 is 0 Å². The van der Waals surface area contributed by atoms with Crippen LogP contribution >= 0.6 is 11.8 Å². The van der Waals surface area contributed by atoms with Gasteiger partial charge in [0.25, 0.3) is 0 Å². The van der Waals surface area contributed by atoms with Gasteiger partial charge in [-0.2, -0.15) is 0 Å². The van der Waals surface area contributed by atoms with Gasteiger partial charge in [0.15, 0.2) is 11.0 Å². The predicted molar refractivity (Wildman–Crippen MR) is 106 cm³/mol. The highest BCUT2D eigenvalue weighted by molar-refractivity contribution is 7.98. The Hall–Kier alpha value is -1.82. The first-order valence-electron chi connectivity index (χ1n) is 9.99. The summed E-state index contributed by atoms with van der Waals surface area (Å²) < 4.78 is 2.05. The third-order valence-electron chi connectivity index (χ3n) is 6.82. The molecule has 1 heterocycles. The number of nitrogens with one attached hydrogen (secondary N) is 1. The first-order valence-corrected chi connectivity index (χ1v) is 11.2. The molecule has 27 heavy (non-hydrogen) atoms. The summed E-state index contributed by atoms with van der Waals surface area (Å²) in [6.07, 6.45) is 9.33. The summed E-state index contributed by atoms with van der Waals surface area (Å²) in [5.41, 5.74) is 0.917. The van der Waals surface area contributed by atoms with Crippen LogP contribution in [0.4, 0.5) is 0 Å².